The first-order valence-electron chi connectivity index (χ1n) is 9.09. The quantitative estimate of drug-likeness (QED) is 0.413. The van der Waals surface area contributed by atoms with Crippen molar-refractivity contribution in [3.05, 3.63) is 32.5 Å². The lowest BCUT2D eigenvalue weighted by atomic mass is 10.1. The molecular weight excluding hydrogens is 370 g/mol. The van der Waals surface area contributed by atoms with E-state index in [0.717, 1.165) is 57.3 Å². The van der Waals surface area contributed by atoms with Gasteiger partial charge in [0.2, 0.25) is 0 Å². The highest BCUT2D eigenvalue weighted by atomic mass is 32.1. The minimum Gasteiger partial charge on any atom is -0.379 e. The number of rotatable bonds is 8. The average Bonchev–Trinajstić information content (AvgIpc) is 3.19. The van der Waals surface area contributed by atoms with Gasteiger partial charge in [0.15, 0.2) is 4.77 Å². The Morgan fingerprint density at radius 3 is 2.81 bits per heavy atom. The maximum atomic E-state index is 10.9. The summed E-state index contributed by atoms with van der Waals surface area (Å²) in [5.41, 5.74) is 0.751. The van der Waals surface area contributed by atoms with Crippen molar-refractivity contribution in [3.63, 3.8) is 0 Å². The number of hydrogen-bond acceptors (Lipinski definition) is 7. The van der Waals surface area contributed by atoms with Crippen LogP contribution in [0.4, 0.5) is 5.82 Å². The number of hydrogen-bond donors (Lipinski definition) is 1. The van der Waals surface area contributed by atoms with Crippen LogP contribution in [0.15, 0.2) is 6.07 Å². The molecule has 1 aliphatic heterocycles. The van der Waals surface area contributed by atoms with Crippen molar-refractivity contribution in [1.82, 2.24) is 29.4 Å². The van der Waals surface area contributed by atoms with Gasteiger partial charge >= 0.3 is 5.82 Å². The second-order valence-corrected chi connectivity index (χ2v) is 7.22. The Morgan fingerprint density at radius 2 is 2.15 bits per heavy atom. The SMILES string of the molecule is Cc1cc([N+](=O)[O-])nn1C[C@@H](C)c1n[nH]c(=S)n1CCCN1CCOCC1. The average molecular weight is 395 g/mol. The lowest BCUT2D eigenvalue weighted by Gasteiger charge is -2.26. The van der Waals surface area contributed by atoms with Gasteiger partial charge in [0.25, 0.3) is 0 Å². The molecule has 27 heavy (non-hydrogen) atoms. The molecule has 1 atom stereocenters. The molecular formula is C16H25N7O3S. The summed E-state index contributed by atoms with van der Waals surface area (Å²) >= 11 is 5.39. The molecule has 1 N–H and O–H groups in total. The molecule has 1 saturated heterocycles. The highest BCUT2D eigenvalue weighted by Crippen LogP contribution is 2.19. The number of nitrogens with zero attached hydrogens (tertiary/aromatic N) is 6. The number of nitro groups is 1. The van der Waals surface area contributed by atoms with Crippen LogP contribution in [-0.4, -0.2) is 67.2 Å². The minimum absolute atomic E-state index is 0.0135. The third-order valence-electron chi connectivity index (χ3n) is 4.79. The standard InChI is InChI=1S/C16H25N7O3S/c1-12(11-22-13(2)10-14(19-22)23(24)25)15-17-18-16(27)21(15)5-3-4-20-6-8-26-9-7-20/h10,12H,3-9,11H2,1-2H3,(H,18,27)/t12-/m1/s1. The molecule has 0 bridgehead atoms. The van der Waals surface area contributed by atoms with Crippen molar-refractivity contribution in [2.45, 2.75) is 39.3 Å². The summed E-state index contributed by atoms with van der Waals surface area (Å²) in [7, 11) is 0. The summed E-state index contributed by atoms with van der Waals surface area (Å²) in [5.74, 6) is 0.725. The van der Waals surface area contributed by atoms with Crippen molar-refractivity contribution in [3.8, 4) is 0 Å². The summed E-state index contributed by atoms with van der Waals surface area (Å²) in [4.78, 5) is 12.8. The summed E-state index contributed by atoms with van der Waals surface area (Å²) < 4.78 is 9.65. The Kier molecular flexibility index (Phi) is 6.34. The van der Waals surface area contributed by atoms with E-state index < -0.39 is 4.92 Å². The van der Waals surface area contributed by atoms with Crippen LogP contribution in [0.2, 0.25) is 0 Å². The smallest absolute Gasteiger partial charge is 0.379 e. The fourth-order valence-electron chi connectivity index (χ4n) is 3.31. The van der Waals surface area contributed by atoms with Crippen molar-refractivity contribution in [2.24, 2.45) is 0 Å². The molecule has 0 radical (unpaired) electrons. The third-order valence-corrected chi connectivity index (χ3v) is 5.10. The van der Waals surface area contributed by atoms with Crippen LogP contribution in [0.25, 0.3) is 0 Å². The number of H-pyrrole nitrogens is 1. The summed E-state index contributed by atoms with van der Waals surface area (Å²) in [6.45, 7) is 9.64. The Labute approximate surface area is 162 Å². The van der Waals surface area contributed by atoms with Crippen LogP contribution in [-0.2, 0) is 17.8 Å². The second-order valence-electron chi connectivity index (χ2n) is 6.83. The Hall–Kier alpha value is -2.11. The van der Waals surface area contributed by atoms with Crippen LogP contribution in [0.3, 0.4) is 0 Å². The predicted molar refractivity (Wildman–Crippen MR) is 101 cm³/mol. The van der Waals surface area contributed by atoms with Gasteiger partial charge in [-0.1, -0.05) is 6.92 Å². The molecule has 3 rings (SSSR count). The molecule has 10 nitrogen and oxygen atoms in total. The van der Waals surface area contributed by atoms with Crippen LogP contribution in [0.5, 0.6) is 0 Å². The highest BCUT2D eigenvalue weighted by molar-refractivity contribution is 7.71. The molecule has 0 unspecified atom stereocenters. The van der Waals surface area contributed by atoms with E-state index >= 15 is 0 Å². The lowest BCUT2D eigenvalue weighted by molar-refractivity contribution is -0.389. The molecule has 3 heterocycles. The topological polar surface area (TPSA) is 107 Å². The first-order valence-corrected chi connectivity index (χ1v) is 9.50. The van der Waals surface area contributed by atoms with Gasteiger partial charge in [0.1, 0.15) is 5.82 Å². The maximum absolute atomic E-state index is 10.9. The molecule has 1 fully saturated rings. The van der Waals surface area contributed by atoms with E-state index in [0.29, 0.717) is 11.3 Å². The predicted octanol–water partition coefficient (Wildman–Crippen LogP) is 1.88. The number of nitrogens with one attached hydrogen (secondary N) is 1. The Balaban J connectivity index is 1.64. The van der Waals surface area contributed by atoms with E-state index in [2.05, 4.69) is 20.2 Å². The normalized spacial score (nSPS) is 16.5. The lowest BCUT2D eigenvalue weighted by Crippen LogP contribution is -2.37. The molecule has 2 aromatic heterocycles. The van der Waals surface area contributed by atoms with Crippen LogP contribution in [0, 0.1) is 21.8 Å². The van der Waals surface area contributed by atoms with Gasteiger partial charge < -0.3 is 19.4 Å². The van der Waals surface area contributed by atoms with Gasteiger partial charge in [0.05, 0.1) is 36.6 Å². The van der Waals surface area contributed by atoms with E-state index in [4.69, 9.17) is 17.0 Å². The molecule has 148 valence electrons. The summed E-state index contributed by atoms with van der Waals surface area (Å²) in [6, 6.07) is 1.48. The van der Waals surface area contributed by atoms with E-state index in [9.17, 15) is 10.1 Å². The zero-order valence-electron chi connectivity index (χ0n) is 15.6. The minimum atomic E-state index is -0.476. The summed E-state index contributed by atoms with van der Waals surface area (Å²) in [6.07, 6.45) is 0.972. The molecule has 0 amide bonds. The Morgan fingerprint density at radius 1 is 1.41 bits per heavy atom. The number of morpholine rings is 1. The molecule has 0 aliphatic carbocycles. The first kappa shape index (κ1) is 19.6. The van der Waals surface area contributed by atoms with E-state index in [1.54, 1.807) is 4.68 Å². The molecule has 0 aromatic carbocycles. The van der Waals surface area contributed by atoms with Gasteiger partial charge in [-0.25, -0.2) is 0 Å². The van der Waals surface area contributed by atoms with Crippen molar-refractivity contribution < 1.29 is 9.66 Å². The number of aromatic nitrogens is 5. The second kappa shape index (κ2) is 8.72. The monoisotopic (exact) mass is 395 g/mol. The zero-order valence-corrected chi connectivity index (χ0v) is 16.4. The van der Waals surface area contributed by atoms with E-state index in [1.165, 1.54) is 6.07 Å². The molecule has 11 heteroatoms. The van der Waals surface area contributed by atoms with Gasteiger partial charge in [0, 0.05) is 32.1 Å². The van der Waals surface area contributed by atoms with Gasteiger partial charge in [-0.2, -0.15) is 9.78 Å². The van der Waals surface area contributed by atoms with Gasteiger partial charge in [-0.3, -0.25) is 10.00 Å². The first-order chi connectivity index (χ1) is 13.0. The van der Waals surface area contributed by atoms with Crippen LogP contribution >= 0.6 is 12.2 Å². The largest absolute Gasteiger partial charge is 0.390 e. The van der Waals surface area contributed by atoms with Crippen molar-refractivity contribution in [1.29, 1.82) is 0 Å². The van der Waals surface area contributed by atoms with Crippen LogP contribution in [0.1, 0.15) is 30.8 Å². The maximum Gasteiger partial charge on any atom is 0.390 e. The van der Waals surface area contributed by atoms with Crippen molar-refractivity contribution in [2.75, 3.05) is 32.8 Å². The molecule has 0 spiro atoms. The van der Waals surface area contributed by atoms with Crippen molar-refractivity contribution >= 4 is 18.0 Å². The van der Waals surface area contributed by atoms with Gasteiger partial charge in [-0.05, 0) is 30.5 Å². The van der Waals surface area contributed by atoms with Crippen LogP contribution < -0.4 is 0 Å². The van der Waals surface area contributed by atoms with Gasteiger partial charge in [-0.15, -0.1) is 0 Å². The number of aromatic amines is 1. The molecule has 0 saturated carbocycles. The van der Waals surface area contributed by atoms with E-state index in [-0.39, 0.29) is 11.7 Å². The van der Waals surface area contributed by atoms with E-state index in [1.807, 2.05) is 18.4 Å². The summed E-state index contributed by atoms with van der Waals surface area (Å²) in [5, 5.41) is 22.2. The Bertz CT molecular complexity index is 837. The number of ether oxygens (including phenoxy) is 1. The molecule has 1 aliphatic rings. The fourth-order valence-corrected chi connectivity index (χ4v) is 3.54. The zero-order chi connectivity index (χ0) is 19.4. The number of aryl methyl sites for hydroxylation is 1. The highest BCUT2D eigenvalue weighted by Gasteiger charge is 2.21. The fraction of sp³-hybridized carbons (Fsp3) is 0.688. The molecule has 2 aromatic rings. The third kappa shape index (κ3) is 4.79.